The van der Waals surface area contributed by atoms with Crippen molar-refractivity contribution in [3.05, 3.63) is 113 Å². The average molecular weight is 516 g/mol. The van der Waals surface area contributed by atoms with E-state index < -0.39 is 11.0 Å². The molecule has 2 aromatic carbocycles. The summed E-state index contributed by atoms with van der Waals surface area (Å²) < 4.78 is 13.1. The maximum Gasteiger partial charge on any atom is 0.271 e. The van der Waals surface area contributed by atoms with E-state index in [2.05, 4.69) is 4.99 Å². The molecule has 37 heavy (non-hydrogen) atoms. The fourth-order valence-corrected chi connectivity index (χ4v) is 5.36. The van der Waals surface area contributed by atoms with Crippen LogP contribution in [0, 0.1) is 10.1 Å². The third-order valence-corrected chi connectivity index (χ3v) is 7.08. The second-order valence-electron chi connectivity index (χ2n) is 8.42. The van der Waals surface area contributed by atoms with Crippen LogP contribution in [-0.2, 0) is 4.79 Å². The van der Waals surface area contributed by atoms with Crippen molar-refractivity contribution in [3.63, 3.8) is 0 Å². The van der Waals surface area contributed by atoms with Crippen LogP contribution in [0.2, 0.25) is 0 Å². The summed E-state index contributed by atoms with van der Waals surface area (Å²) in [4.78, 5) is 41.7. The summed E-state index contributed by atoms with van der Waals surface area (Å²) in [7, 11) is 1.57. The van der Waals surface area contributed by atoms with E-state index in [9.17, 15) is 19.7 Å². The zero-order chi connectivity index (χ0) is 26.3. The molecule has 4 aromatic rings. The molecule has 5 rings (SSSR count). The SMILES string of the molecule is COc1ccc([C@H]2C(C(C)=O)=C(C)N=c3s/c(=C\c4ccc(-c5ccc([N+](=O)[O-])cc5)o4)c(=O)n32)cc1. The number of fused-ring (bicyclic) bond motifs is 1. The van der Waals surface area contributed by atoms with E-state index in [0.29, 0.717) is 43.4 Å². The summed E-state index contributed by atoms with van der Waals surface area (Å²) in [6.07, 6.45) is 1.64. The number of allylic oxidation sites excluding steroid dienone is 2. The quantitative estimate of drug-likeness (QED) is 0.283. The predicted octanol–water partition coefficient (Wildman–Crippen LogP) is 4.00. The molecule has 1 aliphatic heterocycles. The van der Waals surface area contributed by atoms with Gasteiger partial charge in [0.2, 0.25) is 0 Å². The number of methoxy groups -OCH3 is 1. The van der Waals surface area contributed by atoms with Crippen LogP contribution in [0.15, 0.2) is 86.1 Å². The number of carbonyl (C=O) groups is 1. The zero-order valence-electron chi connectivity index (χ0n) is 20.1. The Kier molecular flexibility index (Phi) is 6.18. The molecular formula is C27H21N3O6S. The van der Waals surface area contributed by atoms with E-state index >= 15 is 0 Å². The number of rotatable bonds is 6. The molecule has 0 radical (unpaired) electrons. The van der Waals surface area contributed by atoms with Crippen molar-refractivity contribution < 1.29 is 18.9 Å². The number of non-ortho nitro benzene ring substituents is 1. The number of aromatic nitrogens is 1. The molecule has 10 heteroatoms. The lowest BCUT2D eigenvalue weighted by molar-refractivity contribution is -0.384. The Bertz CT molecular complexity index is 1740. The van der Waals surface area contributed by atoms with Crippen molar-refractivity contribution in [1.29, 1.82) is 0 Å². The number of nitro groups is 1. The average Bonchev–Trinajstić information content (AvgIpc) is 3.47. The first-order valence-corrected chi connectivity index (χ1v) is 12.1. The van der Waals surface area contributed by atoms with Gasteiger partial charge in [-0.05, 0) is 55.8 Å². The van der Waals surface area contributed by atoms with E-state index in [4.69, 9.17) is 9.15 Å². The lowest BCUT2D eigenvalue weighted by Crippen LogP contribution is -2.39. The first kappa shape index (κ1) is 24.1. The molecule has 0 unspecified atom stereocenters. The Morgan fingerprint density at radius 2 is 1.84 bits per heavy atom. The Morgan fingerprint density at radius 3 is 2.46 bits per heavy atom. The molecule has 0 fully saturated rings. The number of ether oxygens (including phenoxy) is 1. The highest BCUT2D eigenvalue weighted by Gasteiger charge is 2.30. The predicted molar refractivity (Wildman–Crippen MR) is 138 cm³/mol. The third kappa shape index (κ3) is 4.43. The number of furan rings is 1. The number of Topliss-reactive ketones (excluding diaryl/α,β-unsaturated/α-hetero) is 1. The van der Waals surface area contributed by atoms with Crippen LogP contribution in [-0.4, -0.2) is 22.4 Å². The van der Waals surface area contributed by atoms with Crippen molar-refractivity contribution in [2.24, 2.45) is 4.99 Å². The summed E-state index contributed by atoms with van der Waals surface area (Å²) in [6, 6.07) is 16.1. The zero-order valence-corrected chi connectivity index (χ0v) is 20.9. The van der Waals surface area contributed by atoms with Crippen LogP contribution >= 0.6 is 11.3 Å². The van der Waals surface area contributed by atoms with Crippen LogP contribution in [0.3, 0.4) is 0 Å². The van der Waals surface area contributed by atoms with Crippen molar-refractivity contribution in [3.8, 4) is 17.1 Å². The Hall–Kier alpha value is -4.57. The number of hydrogen-bond acceptors (Lipinski definition) is 8. The normalized spacial score (nSPS) is 15.3. The van der Waals surface area contributed by atoms with Crippen molar-refractivity contribution in [2.45, 2.75) is 19.9 Å². The van der Waals surface area contributed by atoms with Crippen molar-refractivity contribution >= 4 is 28.9 Å². The number of ketones is 1. The van der Waals surface area contributed by atoms with Gasteiger partial charge in [0.25, 0.3) is 11.2 Å². The van der Waals surface area contributed by atoms with Gasteiger partial charge in [0.1, 0.15) is 17.3 Å². The van der Waals surface area contributed by atoms with Crippen LogP contribution in [0.4, 0.5) is 5.69 Å². The van der Waals surface area contributed by atoms with Gasteiger partial charge in [-0.25, -0.2) is 4.99 Å². The number of thiazole rings is 1. The van der Waals surface area contributed by atoms with Crippen LogP contribution in [0.5, 0.6) is 5.75 Å². The summed E-state index contributed by atoms with van der Waals surface area (Å²) in [5.41, 5.74) is 2.17. The van der Waals surface area contributed by atoms with Gasteiger partial charge < -0.3 is 9.15 Å². The molecule has 0 aliphatic carbocycles. The molecule has 186 valence electrons. The minimum absolute atomic E-state index is 0.0109. The number of hydrogen-bond donors (Lipinski definition) is 0. The number of carbonyl (C=O) groups excluding carboxylic acids is 1. The van der Waals surface area contributed by atoms with E-state index in [-0.39, 0.29) is 17.0 Å². The molecule has 1 aliphatic rings. The molecular weight excluding hydrogens is 494 g/mol. The molecule has 0 N–H and O–H groups in total. The van der Waals surface area contributed by atoms with Gasteiger partial charge in [-0.2, -0.15) is 0 Å². The van der Waals surface area contributed by atoms with Gasteiger partial charge in [-0.3, -0.25) is 24.3 Å². The Morgan fingerprint density at radius 1 is 1.14 bits per heavy atom. The van der Waals surface area contributed by atoms with Gasteiger partial charge in [0.15, 0.2) is 10.6 Å². The summed E-state index contributed by atoms with van der Waals surface area (Å²) in [5.74, 6) is 1.47. The number of nitro benzene ring substituents is 1. The molecule has 1 atom stereocenters. The van der Waals surface area contributed by atoms with E-state index in [1.807, 2.05) is 12.1 Å². The highest BCUT2D eigenvalue weighted by molar-refractivity contribution is 7.07. The van der Waals surface area contributed by atoms with Crippen LogP contribution in [0.1, 0.15) is 31.2 Å². The maximum absolute atomic E-state index is 13.6. The Labute approximate surface area is 214 Å². The minimum atomic E-state index is -0.617. The third-order valence-electron chi connectivity index (χ3n) is 6.10. The van der Waals surface area contributed by atoms with Crippen LogP contribution in [0.25, 0.3) is 17.4 Å². The largest absolute Gasteiger partial charge is 0.497 e. The lowest BCUT2D eigenvalue weighted by Gasteiger charge is -2.24. The molecule has 2 aromatic heterocycles. The van der Waals surface area contributed by atoms with Gasteiger partial charge in [0, 0.05) is 35.0 Å². The maximum atomic E-state index is 13.6. The van der Waals surface area contributed by atoms with E-state index in [0.717, 1.165) is 5.56 Å². The topological polar surface area (TPSA) is 117 Å². The molecule has 0 saturated heterocycles. The molecule has 0 bridgehead atoms. The smallest absolute Gasteiger partial charge is 0.271 e. The van der Waals surface area contributed by atoms with Crippen molar-refractivity contribution in [2.75, 3.05) is 7.11 Å². The first-order valence-electron chi connectivity index (χ1n) is 11.3. The molecule has 3 heterocycles. The first-order chi connectivity index (χ1) is 17.8. The van der Waals surface area contributed by atoms with Gasteiger partial charge in [-0.15, -0.1) is 0 Å². The molecule has 0 saturated carbocycles. The second-order valence-corrected chi connectivity index (χ2v) is 9.43. The summed E-state index contributed by atoms with van der Waals surface area (Å²) >= 11 is 1.21. The highest BCUT2D eigenvalue weighted by Crippen LogP contribution is 2.31. The lowest BCUT2D eigenvalue weighted by atomic mass is 9.93. The monoisotopic (exact) mass is 515 g/mol. The van der Waals surface area contributed by atoms with E-state index in [1.54, 1.807) is 61.1 Å². The standard InChI is InChI=1S/C27H21N3O6S/c1-15-24(16(2)31)25(18-6-10-20(35-3)11-7-18)29-26(32)23(37-27(29)28-15)14-21-12-13-22(36-21)17-4-8-19(9-5-17)30(33)34/h4-14,25H,1-3H3/b23-14-/t25-/m0/s1. The molecule has 9 nitrogen and oxygen atoms in total. The molecule has 0 amide bonds. The fourth-order valence-electron chi connectivity index (χ4n) is 4.33. The van der Waals surface area contributed by atoms with Gasteiger partial charge >= 0.3 is 0 Å². The van der Waals surface area contributed by atoms with E-state index in [1.165, 1.54) is 30.4 Å². The summed E-state index contributed by atoms with van der Waals surface area (Å²) in [6.45, 7) is 3.25. The molecule has 0 spiro atoms. The van der Waals surface area contributed by atoms with Crippen molar-refractivity contribution in [1.82, 2.24) is 4.57 Å². The van der Waals surface area contributed by atoms with Gasteiger partial charge in [0.05, 0.1) is 22.6 Å². The number of nitrogens with zero attached hydrogens (tertiary/aromatic N) is 3. The Balaban J connectivity index is 1.59. The van der Waals surface area contributed by atoms with Crippen LogP contribution < -0.4 is 19.6 Å². The highest BCUT2D eigenvalue weighted by atomic mass is 32.1. The minimum Gasteiger partial charge on any atom is -0.497 e. The van der Waals surface area contributed by atoms with Gasteiger partial charge in [-0.1, -0.05) is 23.5 Å². The second kappa shape index (κ2) is 9.47. The number of benzene rings is 2. The summed E-state index contributed by atoms with van der Waals surface area (Å²) in [5, 5.41) is 10.9. The fraction of sp³-hybridized carbons (Fsp3) is 0.148.